The molecular formula is C11H8N4O2. The molecule has 0 aliphatic carbocycles. The Balaban J connectivity index is 2.22. The van der Waals surface area contributed by atoms with Crippen molar-refractivity contribution in [3.63, 3.8) is 0 Å². The standard InChI is InChI=1S/C11H8N4O2/c12-5-7-3-1-2-4-8(7)14-10(16)9-6-17-11(13)15-9/h1-4,6H,(H2,13,15)(H,14,16). The number of hydrogen-bond acceptors (Lipinski definition) is 5. The van der Waals surface area contributed by atoms with Gasteiger partial charge >= 0.3 is 0 Å². The molecule has 1 amide bonds. The van der Waals surface area contributed by atoms with Crippen LogP contribution in [0.4, 0.5) is 11.7 Å². The van der Waals surface area contributed by atoms with Crippen molar-refractivity contribution in [2.24, 2.45) is 0 Å². The number of hydrogen-bond donors (Lipinski definition) is 2. The number of nitrogens with one attached hydrogen (secondary N) is 1. The molecule has 1 heterocycles. The summed E-state index contributed by atoms with van der Waals surface area (Å²) in [6.07, 6.45) is 1.15. The number of rotatable bonds is 2. The number of nitriles is 1. The van der Waals surface area contributed by atoms with E-state index in [2.05, 4.69) is 10.3 Å². The molecule has 17 heavy (non-hydrogen) atoms. The van der Waals surface area contributed by atoms with Crippen molar-refractivity contribution in [1.82, 2.24) is 4.98 Å². The van der Waals surface area contributed by atoms with Crippen LogP contribution in [0.25, 0.3) is 0 Å². The first-order valence-corrected chi connectivity index (χ1v) is 4.72. The van der Waals surface area contributed by atoms with E-state index in [1.54, 1.807) is 24.3 Å². The van der Waals surface area contributed by atoms with E-state index in [-0.39, 0.29) is 11.7 Å². The first kappa shape index (κ1) is 10.7. The molecule has 0 saturated carbocycles. The summed E-state index contributed by atoms with van der Waals surface area (Å²) in [6, 6.07) is 8.55. The molecule has 0 atom stereocenters. The lowest BCUT2D eigenvalue weighted by molar-refractivity contribution is 0.102. The molecule has 0 bridgehead atoms. The fourth-order valence-corrected chi connectivity index (χ4v) is 1.27. The lowest BCUT2D eigenvalue weighted by Crippen LogP contribution is -2.13. The molecule has 2 aromatic rings. The summed E-state index contributed by atoms with van der Waals surface area (Å²) in [5.74, 6) is -0.479. The summed E-state index contributed by atoms with van der Waals surface area (Å²) >= 11 is 0. The molecule has 2 rings (SSSR count). The number of carbonyl (C=O) groups is 1. The fourth-order valence-electron chi connectivity index (χ4n) is 1.27. The molecule has 1 aromatic carbocycles. The van der Waals surface area contributed by atoms with Crippen LogP contribution in [-0.4, -0.2) is 10.9 Å². The maximum absolute atomic E-state index is 11.7. The van der Waals surface area contributed by atoms with Gasteiger partial charge in [-0.05, 0) is 12.1 Å². The molecule has 0 unspecified atom stereocenters. The van der Waals surface area contributed by atoms with Crippen molar-refractivity contribution >= 4 is 17.6 Å². The van der Waals surface area contributed by atoms with Gasteiger partial charge in [-0.2, -0.15) is 10.2 Å². The molecule has 0 saturated heterocycles. The highest BCUT2D eigenvalue weighted by atomic mass is 16.4. The van der Waals surface area contributed by atoms with Gasteiger partial charge in [-0.15, -0.1) is 0 Å². The van der Waals surface area contributed by atoms with Crippen molar-refractivity contribution in [1.29, 1.82) is 5.26 Å². The first-order valence-electron chi connectivity index (χ1n) is 4.72. The molecule has 0 radical (unpaired) electrons. The number of para-hydroxylation sites is 1. The van der Waals surface area contributed by atoms with Gasteiger partial charge in [0.2, 0.25) is 0 Å². The second-order valence-corrected chi connectivity index (χ2v) is 3.18. The fraction of sp³-hybridized carbons (Fsp3) is 0. The maximum Gasteiger partial charge on any atom is 0.292 e. The van der Waals surface area contributed by atoms with Gasteiger partial charge in [0.15, 0.2) is 5.69 Å². The van der Waals surface area contributed by atoms with Crippen molar-refractivity contribution in [3.05, 3.63) is 41.8 Å². The second-order valence-electron chi connectivity index (χ2n) is 3.18. The third-order valence-corrected chi connectivity index (χ3v) is 2.05. The quantitative estimate of drug-likeness (QED) is 0.807. The van der Waals surface area contributed by atoms with E-state index < -0.39 is 5.91 Å². The van der Waals surface area contributed by atoms with Gasteiger partial charge in [-0.1, -0.05) is 12.1 Å². The van der Waals surface area contributed by atoms with Gasteiger partial charge in [0.05, 0.1) is 11.3 Å². The van der Waals surface area contributed by atoms with E-state index >= 15 is 0 Å². The number of oxazole rings is 1. The van der Waals surface area contributed by atoms with Crippen LogP contribution in [0.1, 0.15) is 16.1 Å². The van der Waals surface area contributed by atoms with Crippen LogP contribution in [-0.2, 0) is 0 Å². The van der Waals surface area contributed by atoms with Gasteiger partial charge in [-0.25, -0.2) is 0 Å². The Bertz CT molecular complexity index is 598. The molecule has 6 nitrogen and oxygen atoms in total. The van der Waals surface area contributed by atoms with Gasteiger partial charge in [0.1, 0.15) is 12.3 Å². The topological polar surface area (TPSA) is 105 Å². The van der Waals surface area contributed by atoms with Crippen molar-refractivity contribution in [2.75, 3.05) is 11.1 Å². The Labute approximate surface area is 96.7 Å². The monoisotopic (exact) mass is 228 g/mol. The summed E-state index contributed by atoms with van der Waals surface area (Å²) in [6.45, 7) is 0. The Morgan fingerprint density at radius 2 is 2.24 bits per heavy atom. The maximum atomic E-state index is 11.7. The van der Waals surface area contributed by atoms with E-state index in [1.165, 1.54) is 0 Å². The third kappa shape index (κ3) is 2.23. The predicted octanol–water partition coefficient (Wildman–Crippen LogP) is 1.38. The van der Waals surface area contributed by atoms with E-state index in [1.807, 2.05) is 6.07 Å². The molecule has 0 aliphatic rings. The van der Waals surface area contributed by atoms with Crippen LogP contribution < -0.4 is 11.1 Å². The van der Waals surface area contributed by atoms with E-state index in [9.17, 15) is 4.79 Å². The van der Waals surface area contributed by atoms with Crippen LogP contribution in [0.15, 0.2) is 34.9 Å². The predicted molar refractivity (Wildman–Crippen MR) is 60.0 cm³/mol. The average molecular weight is 228 g/mol. The summed E-state index contributed by atoms with van der Waals surface area (Å²) < 4.78 is 4.72. The minimum Gasteiger partial charge on any atom is -0.431 e. The zero-order valence-corrected chi connectivity index (χ0v) is 8.68. The summed E-state index contributed by atoms with van der Waals surface area (Å²) in [5.41, 5.74) is 6.11. The van der Waals surface area contributed by atoms with Crippen LogP contribution in [0.3, 0.4) is 0 Å². The zero-order valence-electron chi connectivity index (χ0n) is 8.68. The number of amides is 1. The number of aromatic nitrogens is 1. The van der Waals surface area contributed by atoms with Crippen LogP contribution in [0.2, 0.25) is 0 Å². The van der Waals surface area contributed by atoms with Gasteiger partial charge in [0, 0.05) is 0 Å². The molecule has 3 N–H and O–H groups in total. The highest BCUT2D eigenvalue weighted by molar-refractivity contribution is 6.03. The minimum atomic E-state index is -0.479. The second kappa shape index (κ2) is 4.37. The van der Waals surface area contributed by atoms with Gasteiger partial charge in [-0.3, -0.25) is 4.79 Å². The zero-order chi connectivity index (χ0) is 12.3. The van der Waals surface area contributed by atoms with Crippen LogP contribution in [0.5, 0.6) is 0 Å². The third-order valence-electron chi connectivity index (χ3n) is 2.05. The minimum absolute atomic E-state index is 0.0650. The lowest BCUT2D eigenvalue weighted by Gasteiger charge is -2.03. The summed E-state index contributed by atoms with van der Waals surface area (Å²) in [5, 5.41) is 11.4. The SMILES string of the molecule is N#Cc1ccccc1NC(=O)c1coc(N)n1. The molecule has 0 spiro atoms. The largest absolute Gasteiger partial charge is 0.431 e. The normalized spacial score (nSPS) is 9.59. The lowest BCUT2D eigenvalue weighted by atomic mass is 10.2. The average Bonchev–Trinajstić information content (AvgIpc) is 2.77. The molecule has 1 aromatic heterocycles. The Hall–Kier alpha value is -2.81. The Kier molecular flexibility index (Phi) is 2.75. The number of nitrogen functional groups attached to an aromatic ring is 1. The highest BCUT2D eigenvalue weighted by Crippen LogP contribution is 2.15. The smallest absolute Gasteiger partial charge is 0.292 e. The Morgan fingerprint density at radius 3 is 2.88 bits per heavy atom. The molecule has 6 heteroatoms. The molecule has 0 fully saturated rings. The number of anilines is 2. The molecular weight excluding hydrogens is 220 g/mol. The number of nitrogens with two attached hydrogens (primary N) is 1. The van der Waals surface area contributed by atoms with E-state index in [0.29, 0.717) is 11.3 Å². The van der Waals surface area contributed by atoms with Crippen molar-refractivity contribution in [3.8, 4) is 6.07 Å². The number of benzene rings is 1. The Morgan fingerprint density at radius 1 is 1.47 bits per heavy atom. The van der Waals surface area contributed by atoms with Gasteiger partial charge < -0.3 is 15.5 Å². The van der Waals surface area contributed by atoms with Gasteiger partial charge in [0.25, 0.3) is 11.9 Å². The van der Waals surface area contributed by atoms with Crippen molar-refractivity contribution < 1.29 is 9.21 Å². The number of nitrogens with zero attached hydrogens (tertiary/aromatic N) is 2. The van der Waals surface area contributed by atoms with E-state index in [0.717, 1.165) is 6.26 Å². The van der Waals surface area contributed by atoms with Crippen molar-refractivity contribution in [2.45, 2.75) is 0 Å². The summed E-state index contributed by atoms with van der Waals surface area (Å²) in [4.78, 5) is 15.4. The highest BCUT2D eigenvalue weighted by Gasteiger charge is 2.12. The number of carbonyl (C=O) groups excluding carboxylic acids is 1. The van der Waals surface area contributed by atoms with Crippen LogP contribution in [0, 0.1) is 11.3 Å². The summed E-state index contributed by atoms with van der Waals surface area (Å²) in [7, 11) is 0. The first-order chi connectivity index (χ1) is 8.20. The molecule has 0 aliphatic heterocycles. The van der Waals surface area contributed by atoms with E-state index in [4.69, 9.17) is 15.4 Å². The van der Waals surface area contributed by atoms with Crippen LogP contribution >= 0.6 is 0 Å². The molecule has 84 valence electrons.